The Labute approximate surface area is 152 Å². The van der Waals surface area contributed by atoms with Crippen LogP contribution >= 0.6 is 0 Å². The standard InChI is InChI=1S/C20H23FN2O3/c21-18-5-2-1-4-16(18)14-22-10-3-11-23(13-12-22)19(20(25)26)15-6-8-17(24)9-7-15/h1-2,4-9,19,24H,3,10-14H2,(H,25,26)/t19-/m0/s1. The van der Waals surface area contributed by atoms with Gasteiger partial charge in [-0.25, -0.2) is 4.39 Å². The second-order valence-electron chi connectivity index (χ2n) is 6.59. The highest BCUT2D eigenvalue weighted by Crippen LogP contribution is 2.25. The summed E-state index contributed by atoms with van der Waals surface area (Å²) in [6.45, 7) is 3.25. The summed E-state index contributed by atoms with van der Waals surface area (Å²) < 4.78 is 13.9. The van der Waals surface area contributed by atoms with E-state index in [1.54, 1.807) is 24.3 Å². The minimum absolute atomic E-state index is 0.116. The number of carbonyl (C=O) groups is 1. The number of aliphatic carboxylic acids is 1. The van der Waals surface area contributed by atoms with E-state index in [-0.39, 0.29) is 11.6 Å². The zero-order chi connectivity index (χ0) is 18.5. The summed E-state index contributed by atoms with van der Waals surface area (Å²) in [6.07, 6.45) is 0.816. The van der Waals surface area contributed by atoms with Crippen molar-refractivity contribution in [1.29, 1.82) is 0 Å². The van der Waals surface area contributed by atoms with Gasteiger partial charge >= 0.3 is 5.97 Å². The Hall–Kier alpha value is -2.44. The van der Waals surface area contributed by atoms with Gasteiger partial charge in [0.15, 0.2) is 0 Å². The molecule has 1 heterocycles. The Morgan fingerprint density at radius 3 is 2.46 bits per heavy atom. The van der Waals surface area contributed by atoms with E-state index in [1.165, 1.54) is 18.2 Å². The third-order valence-corrected chi connectivity index (χ3v) is 4.78. The Bertz CT molecular complexity index is 751. The Morgan fingerprint density at radius 1 is 1.04 bits per heavy atom. The van der Waals surface area contributed by atoms with Crippen LogP contribution in [0.5, 0.6) is 5.75 Å². The molecule has 0 aromatic heterocycles. The average molecular weight is 358 g/mol. The zero-order valence-electron chi connectivity index (χ0n) is 14.5. The number of carboxylic acid groups (broad SMARTS) is 1. The van der Waals surface area contributed by atoms with E-state index in [2.05, 4.69) is 4.90 Å². The van der Waals surface area contributed by atoms with Crippen LogP contribution in [0.1, 0.15) is 23.6 Å². The van der Waals surface area contributed by atoms with Crippen molar-refractivity contribution >= 4 is 5.97 Å². The molecule has 5 nitrogen and oxygen atoms in total. The lowest BCUT2D eigenvalue weighted by Gasteiger charge is -2.28. The maximum absolute atomic E-state index is 13.9. The summed E-state index contributed by atoms with van der Waals surface area (Å²) in [5.41, 5.74) is 1.31. The summed E-state index contributed by atoms with van der Waals surface area (Å²) in [4.78, 5) is 15.9. The van der Waals surface area contributed by atoms with E-state index in [9.17, 15) is 19.4 Å². The maximum atomic E-state index is 13.9. The van der Waals surface area contributed by atoms with Gasteiger partial charge in [0, 0.05) is 31.7 Å². The minimum Gasteiger partial charge on any atom is -0.508 e. The van der Waals surface area contributed by atoms with Crippen molar-refractivity contribution in [3.05, 3.63) is 65.5 Å². The molecule has 3 rings (SSSR count). The SMILES string of the molecule is O=C(O)[C@H](c1ccc(O)cc1)N1CCCN(Cc2ccccc2F)CC1. The summed E-state index contributed by atoms with van der Waals surface area (Å²) in [5.74, 6) is -0.996. The number of halogens is 1. The second-order valence-corrected chi connectivity index (χ2v) is 6.59. The van der Waals surface area contributed by atoms with Crippen molar-refractivity contribution in [2.24, 2.45) is 0 Å². The predicted molar refractivity (Wildman–Crippen MR) is 96.4 cm³/mol. The van der Waals surface area contributed by atoms with Crippen LogP contribution in [0.2, 0.25) is 0 Å². The molecule has 2 aromatic carbocycles. The number of carboxylic acids is 1. The molecule has 0 spiro atoms. The van der Waals surface area contributed by atoms with Gasteiger partial charge in [-0.15, -0.1) is 0 Å². The van der Waals surface area contributed by atoms with Gasteiger partial charge in [-0.05, 0) is 36.7 Å². The fourth-order valence-electron chi connectivity index (χ4n) is 3.44. The Kier molecular flexibility index (Phi) is 5.85. The molecule has 2 N–H and O–H groups in total. The molecular weight excluding hydrogens is 335 g/mol. The maximum Gasteiger partial charge on any atom is 0.325 e. The van der Waals surface area contributed by atoms with Crippen LogP contribution in [0.3, 0.4) is 0 Å². The van der Waals surface area contributed by atoms with Gasteiger partial charge < -0.3 is 10.2 Å². The highest BCUT2D eigenvalue weighted by atomic mass is 19.1. The van der Waals surface area contributed by atoms with Gasteiger partial charge in [-0.3, -0.25) is 14.6 Å². The molecule has 2 aromatic rings. The smallest absolute Gasteiger partial charge is 0.325 e. The van der Waals surface area contributed by atoms with Crippen LogP contribution in [0.25, 0.3) is 0 Å². The highest BCUT2D eigenvalue weighted by molar-refractivity contribution is 5.75. The van der Waals surface area contributed by atoms with Gasteiger partial charge in [0.05, 0.1) is 0 Å². The fourth-order valence-corrected chi connectivity index (χ4v) is 3.44. The van der Waals surface area contributed by atoms with Crippen LogP contribution in [-0.4, -0.2) is 52.2 Å². The van der Waals surface area contributed by atoms with E-state index < -0.39 is 12.0 Å². The summed E-state index contributed by atoms with van der Waals surface area (Å²) in [7, 11) is 0. The predicted octanol–water partition coefficient (Wildman–Crippen LogP) is 2.86. The van der Waals surface area contributed by atoms with Crippen molar-refractivity contribution in [2.75, 3.05) is 26.2 Å². The number of aromatic hydroxyl groups is 1. The zero-order valence-corrected chi connectivity index (χ0v) is 14.5. The third-order valence-electron chi connectivity index (χ3n) is 4.78. The van der Waals surface area contributed by atoms with Gasteiger partial charge in [0.25, 0.3) is 0 Å². The van der Waals surface area contributed by atoms with Crippen LogP contribution in [0.4, 0.5) is 4.39 Å². The summed E-state index contributed by atoms with van der Waals surface area (Å²) >= 11 is 0. The first kappa shape index (κ1) is 18.4. The van der Waals surface area contributed by atoms with Crippen molar-refractivity contribution < 1.29 is 19.4 Å². The number of nitrogens with zero attached hydrogens (tertiary/aromatic N) is 2. The molecule has 1 fully saturated rings. The largest absolute Gasteiger partial charge is 0.508 e. The van der Waals surface area contributed by atoms with E-state index in [0.29, 0.717) is 37.3 Å². The molecule has 6 heteroatoms. The molecule has 1 aliphatic heterocycles. The second kappa shape index (κ2) is 8.29. The lowest BCUT2D eigenvalue weighted by atomic mass is 10.0. The lowest BCUT2D eigenvalue weighted by molar-refractivity contribution is -0.143. The number of hydrogen-bond acceptors (Lipinski definition) is 4. The number of hydrogen-bond donors (Lipinski definition) is 2. The molecular formula is C20H23FN2O3. The molecule has 1 saturated heterocycles. The highest BCUT2D eigenvalue weighted by Gasteiger charge is 2.29. The molecule has 0 aliphatic carbocycles. The van der Waals surface area contributed by atoms with Crippen LogP contribution in [-0.2, 0) is 11.3 Å². The van der Waals surface area contributed by atoms with E-state index in [4.69, 9.17) is 0 Å². The number of rotatable bonds is 5. The first-order valence-electron chi connectivity index (χ1n) is 8.76. The topological polar surface area (TPSA) is 64.0 Å². The normalized spacial score (nSPS) is 17.6. The molecule has 0 unspecified atom stereocenters. The summed E-state index contributed by atoms with van der Waals surface area (Å²) in [6, 6.07) is 12.3. The van der Waals surface area contributed by atoms with Gasteiger partial charge in [0.2, 0.25) is 0 Å². The molecule has 0 bridgehead atoms. The first-order valence-corrected chi connectivity index (χ1v) is 8.76. The van der Waals surface area contributed by atoms with Crippen molar-refractivity contribution in [2.45, 2.75) is 19.0 Å². The quantitative estimate of drug-likeness (QED) is 0.861. The molecule has 0 radical (unpaired) electrons. The molecule has 26 heavy (non-hydrogen) atoms. The minimum atomic E-state index is -0.904. The van der Waals surface area contributed by atoms with Crippen LogP contribution in [0, 0.1) is 5.82 Å². The number of phenolic OH excluding ortho intramolecular Hbond substituents is 1. The number of benzene rings is 2. The molecule has 1 aliphatic rings. The first-order chi connectivity index (χ1) is 12.5. The monoisotopic (exact) mass is 358 g/mol. The molecule has 138 valence electrons. The molecule has 0 amide bonds. The molecule has 1 atom stereocenters. The van der Waals surface area contributed by atoms with Crippen LogP contribution < -0.4 is 0 Å². The molecule has 0 saturated carbocycles. The third kappa shape index (κ3) is 4.39. The van der Waals surface area contributed by atoms with Crippen LogP contribution in [0.15, 0.2) is 48.5 Å². The van der Waals surface area contributed by atoms with Crippen molar-refractivity contribution in [3.63, 3.8) is 0 Å². The van der Waals surface area contributed by atoms with Crippen molar-refractivity contribution in [1.82, 2.24) is 9.80 Å². The van der Waals surface area contributed by atoms with E-state index in [0.717, 1.165) is 13.0 Å². The van der Waals surface area contributed by atoms with E-state index >= 15 is 0 Å². The Morgan fingerprint density at radius 2 is 1.77 bits per heavy atom. The lowest BCUT2D eigenvalue weighted by Crippen LogP contribution is -2.37. The average Bonchev–Trinajstić information content (AvgIpc) is 2.84. The van der Waals surface area contributed by atoms with Gasteiger partial charge in [-0.1, -0.05) is 30.3 Å². The summed E-state index contributed by atoms with van der Waals surface area (Å²) in [5, 5.41) is 19.1. The Balaban J connectivity index is 1.69. The van der Waals surface area contributed by atoms with Gasteiger partial charge in [0.1, 0.15) is 17.6 Å². The van der Waals surface area contributed by atoms with Crippen molar-refractivity contribution in [3.8, 4) is 5.75 Å². The van der Waals surface area contributed by atoms with E-state index in [1.807, 2.05) is 11.0 Å². The fraction of sp³-hybridized carbons (Fsp3) is 0.350. The van der Waals surface area contributed by atoms with Gasteiger partial charge in [-0.2, -0.15) is 0 Å². The number of phenols is 1.